The van der Waals surface area contributed by atoms with Crippen LogP contribution in [0.3, 0.4) is 0 Å². The van der Waals surface area contributed by atoms with Crippen LogP contribution >= 0.6 is 0 Å². The molecule has 7 heteroatoms. The zero-order valence-corrected chi connectivity index (χ0v) is 14.8. The minimum atomic E-state index is -1.19. The highest BCUT2D eigenvalue weighted by Crippen LogP contribution is 2.41. The van der Waals surface area contributed by atoms with Gasteiger partial charge in [-0.05, 0) is 18.2 Å². The number of nitrogens with zero attached hydrogens (tertiary/aromatic N) is 1. The van der Waals surface area contributed by atoms with Crippen LogP contribution in [0.4, 0.5) is 4.79 Å². The second-order valence-electron chi connectivity index (χ2n) is 6.89. The fourth-order valence-electron chi connectivity index (χ4n) is 3.86. The molecule has 140 valence electrons. The smallest absolute Gasteiger partial charge is 0.325 e. The van der Waals surface area contributed by atoms with E-state index in [1.165, 1.54) is 0 Å². The lowest BCUT2D eigenvalue weighted by Gasteiger charge is -2.33. The van der Waals surface area contributed by atoms with E-state index < -0.39 is 23.3 Å². The molecule has 28 heavy (non-hydrogen) atoms. The Hall–Kier alpha value is -3.61. The fraction of sp³-hybridized carbons (Fsp3) is 0.190. The number of para-hydroxylation sites is 2. The summed E-state index contributed by atoms with van der Waals surface area (Å²) in [6.45, 7) is -0.0797. The van der Waals surface area contributed by atoms with Crippen molar-refractivity contribution in [1.82, 2.24) is 10.2 Å². The van der Waals surface area contributed by atoms with Crippen LogP contribution in [0.25, 0.3) is 11.0 Å². The first-order valence-electron chi connectivity index (χ1n) is 8.97. The second kappa shape index (κ2) is 5.95. The predicted molar refractivity (Wildman–Crippen MR) is 99.0 cm³/mol. The first-order valence-corrected chi connectivity index (χ1v) is 8.97. The van der Waals surface area contributed by atoms with Gasteiger partial charge in [-0.2, -0.15) is 0 Å². The minimum Gasteiger partial charge on any atom is -0.493 e. The maximum Gasteiger partial charge on any atom is 0.325 e. The van der Waals surface area contributed by atoms with E-state index in [9.17, 15) is 14.4 Å². The fourth-order valence-corrected chi connectivity index (χ4v) is 3.86. The number of nitrogens with one attached hydrogen (secondary N) is 1. The summed E-state index contributed by atoms with van der Waals surface area (Å²) in [5.41, 5.74) is -0.00347. The third kappa shape index (κ3) is 2.32. The topological polar surface area (TPSA) is 88.9 Å². The van der Waals surface area contributed by atoms with Gasteiger partial charge in [-0.3, -0.25) is 14.5 Å². The Morgan fingerprint density at radius 2 is 1.89 bits per heavy atom. The van der Waals surface area contributed by atoms with Crippen molar-refractivity contribution in [2.24, 2.45) is 0 Å². The summed E-state index contributed by atoms with van der Waals surface area (Å²) >= 11 is 0. The number of rotatable bonds is 3. The first-order chi connectivity index (χ1) is 13.6. The van der Waals surface area contributed by atoms with Crippen molar-refractivity contribution in [3.05, 3.63) is 65.9 Å². The van der Waals surface area contributed by atoms with E-state index in [2.05, 4.69) is 5.32 Å². The van der Waals surface area contributed by atoms with E-state index in [1.807, 2.05) is 24.3 Å². The number of carbonyl (C=O) groups is 3. The molecule has 3 aromatic rings. The van der Waals surface area contributed by atoms with Crippen LogP contribution in [0.2, 0.25) is 0 Å². The van der Waals surface area contributed by atoms with Crippen LogP contribution < -0.4 is 10.1 Å². The van der Waals surface area contributed by atoms with Gasteiger partial charge in [0, 0.05) is 17.4 Å². The Balaban J connectivity index is 1.45. The second-order valence-corrected chi connectivity index (χ2v) is 6.89. The largest absolute Gasteiger partial charge is 0.493 e. The Kier molecular flexibility index (Phi) is 3.52. The molecule has 3 amide bonds. The van der Waals surface area contributed by atoms with E-state index in [0.29, 0.717) is 29.9 Å². The summed E-state index contributed by atoms with van der Waals surface area (Å²) in [5, 5.41) is 3.57. The van der Waals surface area contributed by atoms with Crippen molar-refractivity contribution >= 4 is 28.7 Å². The maximum absolute atomic E-state index is 13.2. The van der Waals surface area contributed by atoms with Crippen molar-refractivity contribution in [2.45, 2.75) is 12.0 Å². The maximum atomic E-state index is 13.2. The number of hydrogen-bond acceptors (Lipinski definition) is 5. The monoisotopic (exact) mass is 376 g/mol. The van der Waals surface area contributed by atoms with E-state index in [-0.39, 0.29) is 12.3 Å². The molecule has 0 bridgehead atoms. The molecule has 0 aliphatic carbocycles. The number of hydrogen-bond donors (Lipinski definition) is 1. The Morgan fingerprint density at radius 3 is 2.75 bits per heavy atom. The van der Waals surface area contributed by atoms with Gasteiger partial charge in [0.25, 0.3) is 5.91 Å². The third-order valence-corrected chi connectivity index (χ3v) is 5.26. The van der Waals surface area contributed by atoms with Crippen molar-refractivity contribution in [3.8, 4) is 5.75 Å². The van der Waals surface area contributed by atoms with Gasteiger partial charge in [0.1, 0.15) is 11.3 Å². The standard InChI is InChI=1S/C21H16N2O5/c24-15(18-11-13-5-1-3-7-16(13)28-18)12-23-19(25)21(22-20(23)26)9-10-27-17-8-4-2-6-14(17)21/h1-8,11H,9-10,12H2,(H,22,26)/t21-/m0/s1. The average molecular weight is 376 g/mol. The van der Waals surface area contributed by atoms with Gasteiger partial charge in [0.05, 0.1) is 13.2 Å². The molecular formula is C21H16N2O5. The van der Waals surface area contributed by atoms with Crippen LogP contribution in [0, 0.1) is 0 Å². The molecule has 5 rings (SSSR count). The van der Waals surface area contributed by atoms with Gasteiger partial charge < -0.3 is 14.5 Å². The number of fused-ring (bicyclic) bond motifs is 3. The van der Waals surface area contributed by atoms with Gasteiger partial charge in [-0.15, -0.1) is 0 Å². The van der Waals surface area contributed by atoms with Gasteiger partial charge in [-0.1, -0.05) is 36.4 Å². The molecular weight excluding hydrogens is 360 g/mol. The van der Waals surface area contributed by atoms with Crippen LogP contribution in [-0.4, -0.2) is 35.8 Å². The van der Waals surface area contributed by atoms with Gasteiger partial charge in [0.15, 0.2) is 11.3 Å². The average Bonchev–Trinajstić information content (AvgIpc) is 3.24. The van der Waals surface area contributed by atoms with Crippen LogP contribution in [0.5, 0.6) is 5.75 Å². The van der Waals surface area contributed by atoms with Crippen LogP contribution in [0.1, 0.15) is 22.5 Å². The number of imide groups is 1. The van der Waals surface area contributed by atoms with E-state index in [1.54, 1.807) is 30.3 Å². The summed E-state index contributed by atoms with van der Waals surface area (Å²) in [6.07, 6.45) is 0.309. The van der Waals surface area contributed by atoms with Crippen LogP contribution in [0.15, 0.2) is 59.0 Å². The van der Waals surface area contributed by atoms with E-state index in [0.717, 1.165) is 10.3 Å². The molecule has 3 heterocycles. The molecule has 1 aromatic heterocycles. The summed E-state index contributed by atoms with van der Waals surface area (Å²) in [5.74, 6) is -0.196. The highest BCUT2D eigenvalue weighted by Gasteiger charge is 2.55. The molecule has 2 aromatic carbocycles. The van der Waals surface area contributed by atoms with Crippen molar-refractivity contribution < 1.29 is 23.5 Å². The molecule has 7 nitrogen and oxygen atoms in total. The third-order valence-electron chi connectivity index (χ3n) is 5.26. The number of benzene rings is 2. The number of amides is 3. The van der Waals surface area contributed by atoms with E-state index in [4.69, 9.17) is 9.15 Å². The van der Waals surface area contributed by atoms with Gasteiger partial charge in [0.2, 0.25) is 5.78 Å². The predicted octanol–water partition coefficient (Wildman–Crippen LogP) is 2.85. The zero-order chi connectivity index (χ0) is 19.3. The lowest BCUT2D eigenvalue weighted by molar-refractivity contribution is -0.132. The SMILES string of the molecule is O=C(CN1C(=O)N[C@]2(CCOc3ccccc32)C1=O)c1cc2ccccc2o1. The van der Waals surface area contributed by atoms with Crippen molar-refractivity contribution in [1.29, 1.82) is 0 Å². The Bertz CT molecular complexity index is 1100. The molecule has 1 N–H and O–H groups in total. The highest BCUT2D eigenvalue weighted by molar-refractivity contribution is 6.11. The summed E-state index contributed by atoms with van der Waals surface area (Å²) < 4.78 is 11.2. The molecule has 1 fully saturated rings. The van der Waals surface area contributed by atoms with Crippen molar-refractivity contribution in [3.63, 3.8) is 0 Å². The molecule has 0 unspecified atom stereocenters. The highest BCUT2D eigenvalue weighted by atomic mass is 16.5. The molecule has 0 radical (unpaired) electrons. The molecule has 1 atom stereocenters. The quantitative estimate of drug-likeness (QED) is 0.561. The minimum absolute atomic E-state index is 0.120. The van der Waals surface area contributed by atoms with Gasteiger partial charge >= 0.3 is 6.03 Å². The lowest BCUT2D eigenvalue weighted by Crippen LogP contribution is -2.47. The normalized spacial score (nSPS) is 20.9. The number of carbonyl (C=O) groups excluding carboxylic acids is 3. The van der Waals surface area contributed by atoms with Crippen LogP contribution in [-0.2, 0) is 10.3 Å². The first kappa shape index (κ1) is 16.6. The summed E-state index contributed by atoms with van der Waals surface area (Å²) in [7, 11) is 0. The number of urea groups is 1. The molecule has 1 spiro atoms. The number of furan rings is 1. The number of ether oxygens (including phenoxy) is 1. The van der Waals surface area contributed by atoms with Crippen molar-refractivity contribution in [2.75, 3.05) is 13.2 Å². The Morgan fingerprint density at radius 1 is 1.11 bits per heavy atom. The Labute approximate surface area is 159 Å². The molecule has 0 saturated carbocycles. The van der Waals surface area contributed by atoms with Gasteiger partial charge in [-0.25, -0.2) is 4.79 Å². The molecule has 1 saturated heterocycles. The molecule has 2 aliphatic rings. The van der Waals surface area contributed by atoms with E-state index >= 15 is 0 Å². The number of Topliss-reactive ketones (excluding diaryl/α,β-unsaturated/α-hetero) is 1. The molecule has 2 aliphatic heterocycles. The lowest BCUT2D eigenvalue weighted by atomic mass is 9.84. The number of ketones is 1. The summed E-state index contributed by atoms with van der Waals surface area (Å²) in [4.78, 5) is 39.4. The summed E-state index contributed by atoms with van der Waals surface area (Å²) in [6, 6.07) is 15.4. The zero-order valence-electron chi connectivity index (χ0n) is 14.8.